The molecule has 0 aliphatic carbocycles. The molecule has 12 heteroatoms. The lowest BCUT2D eigenvalue weighted by Gasteiger charge is -2.39. The highest BCUT2D eigenvalue weighted by Gasteiger charge is 2.57. The van der Waals surface area contributed by atoms with Crippen molar-refractivity contribution < 1.29 is 42.4 Å². The van der Waals surface area contributed by atoms with Crippen molar-refractivity contribution in [3.05, 3.63) is 0 Å². The SMILES string of the molecule is CCN(C(=O)O)C1=N[C@@H]2[C@H](F)[C@H](O)[C@@H]([C@@H](O)C(F)(F)F)O[C@@H]2S1. The van der Waals surface area contributed by atoms with Gasteiger partial charge in [-0.05, 0) is 6.92 Å². The molecule has 2 heterocycles. The normalized spacial score (nSPS) is 35.4. The van der Waals surface area contributed by atoms with Crippen LogP contribution in [-0.4, -0.2) is 80.2 Å². The molecule has 3 N–H and O–H groups in total. The molecule has 0 unspecified atom stereocenters. The number of aliphatic imine (C=N–C) groups is 1. The Kier molecular flexibility index (Phi) is 5.09. The first-order chi connectivity index (χ1) is 10.6. The molecule has 1 fully saturated rings. The molecule has 0 spiro atoms. The first-order valence-electron chi connectivity index (χ1n) is 6.55. The van der Waals surface area contributed by atoms with Crippen molar-refractivity contribution in [3.8, 4) is 0 Å². The number of aliphatic hydroxyl groups excluding tert-OH is 2. The highest BCUT2D eigenvalue weighted by molar-refractivity contribution is 8.14. The van der Waals surface area contributed by atoms with Crippen LogP contribution in [0.2, 0.25) is 0 Å². The molecule has 0 aromatic heterocycles. The number of carboxylic acid groups (broad SMARTS) is 1. The second kappa shape index (κ2) is 6.42. The Morgan fingerprint density at radius 2 is 2.13 bits per heavy atom. The van der Waals surface area contributed by atoms with E-state index in [2.05, 4.69) is 4.99 Å². The van der Waals surface area contributed by atoms with Crippen LogP contribution in [-0.2, 0) is 4.74 Å². The third-order valence-electron chi connectivity index (χ3n) is 3.46. The molecule has 2 rings (SSSR count). The number of carbonyl (C=O) groups is 1. The number of thioether (sulfide) groups is 1. The highest BCUT2D eigenvalue weighted by atomic mass is 32.2. The van der Waals surface area contributed by atoms with Gasteiger partial charge in [0.2, 0.25) is 0 Å². The zero-order chi connectivity index (χ0) is 17.5. The molecule has 6 atom stereocenters. The first kappa shape index (κ1) is 18.2. The summed E-state index contributed by atoms with van der Waals surface area (Å²) in [5.74, 6) is 0. The van der Waals surface area contributed by atoms with Gasteiger partial charge >= 0.3 is 12.3 Å². The van der Waals surface area contributed by atoms with Gasteiger partial charge in [0.15, 0.2) is 17.4 Å². The number of hydrogen-bond acceptors (Lipinski definition) is 6. The number of ether oxygens (including phenoxy) is 1. The summed E-state index contributed by atoms with van der Waals surface area (Å²) in [5.41, 5.74) is -1.27. The first-order valence-corrected chi connectivity index (χ1v) is 7.43. The lowest BCUT2D eigenvalue weighted by atomic mass is 9.96. The van der Waals surface area contributed by atoms with Crippen molar-refractivity contribution in [3.63, 3.8) is 0 Å². The van der Waals surface area contributed by atoms with Crippen LogP contribution in [0.25, 0.3) is 0 Å². The average Bonchev–Trinajstić information content (AvgIpc) is 2.85. The van der Waals surface area contributed by atoms with Crippen LogP contribution < -0.4 is 0 Å². The van der Waals surface area contributed by atoms with Gasteiger partial charge in [0.25, 0.3) is 0 Å². The fraction of sp³-hybridized carbons (Fsp3) is 0.818. The molecular formula is C11H14F4N2O5S. The van der Waals surface area contributed by atoms with Crippen LogP contribution in [0.15, 0.2) is 4.99 Å². The molecule has 132 valence electrons. The summed E-state index contributed by atoms with van der Waals surface area (Å²) in [5, 5.41) is 27.7. The minimum Gasteiger partial charge on any atom is -0.465 e. The largest absolute Gasteiger partial charge is 0.465 e. The average molecular weight is 362 g/mol. The summed E-state index contributed by atoms with van der Waals surface area (Å²) in [4.78, 5) is 15.6. The highest BCUT2D eigenvalue weighted by Crippen LogP contribution is 2.41. The lowest BCUT2D eigenvalue weighted by molar-refractivity contribution is -0.267. The fourth-order valence-electron chi connectivity index (χ4n) is 2.27. The third kappa shape index (κ3) is 3.39. The Labute approximate surface area is 131 Å². The number of halogens is 4. The van der Waals surface area contributed by atoms with Crippen LogP contribution >= 0.6 is 11.8 Å². The predicted octanol–water partition coefficient (Wildman–Crippen LogP) is 0.805. The van der Waals surface area contributed by atoms with E-state index >= 15 is 0 Å². The van der Waals surface area contributed by atoms with Crippen molar-refractivity contribution >= 4 is 23.0 Å². The Morgan fingerprint density at radius 3 is 2.61 bits per heavy atom. The molecule has 7 nitrogen and oxygen atoms in total. The zero-order valence-electron chi connectivity index (χ0n) is 11.6. The molecule has 1 saturated heterocycles. The molecule has 2 aliphatic rings. The second-order valence-electron chi connectivity index (χ2n) is 4.94. The molecular weight excluding hydrogens is 348 g/mol. The van der Waals surface area contributed by atoms with Gasteiger partial charge in [0.1, 0.15) is 23.7 Å². The predicted molar refractivity (Wildman–Crippen MR) is 70.8 cm³/mol. The smallest absolute Gasteiger partial charge is 0.417 e. The zero-order valence-corrected chi connectivity index (χ0v) is 12.5. The molecule has 1 amide bonds. The van der Waals surface area contributed by atoms with Crippen LogP contribution in [0.3, 0.4) is 0 Å². The van der Waals surface area contributed by atoms with E-state index in [0.29, 0.717) is 11.8 Å². The van der Waals surface area contributed by atoms with E-state index in [0.717, 1.165) is 4.90 Å². The number of rotatable bonds is 2. The van der Waals surface area contributed by atoms with Crippen molar-refractivity contribution in [2.75, 3.05) is 6.54 Å². The van der Waals surface area contributed by atoms with Gasteiger partial charge in [-0.1, -0.05) is 11.8 Å². The van der Waals surface area contributed by atoms with Gasteiger partial charge in [-0.25, -0.2) is 9.18 Å². The van der Waals surface area contributed by atoms with E-state index < -0.39 is 48.2 Å². The van der Waals surface area contributed by atoms with Gasteiger partial charge in [-0.3, -0.25) is 9.89 Å². The summed E-state index contributed by atoms with van der Waals surface area (Å²) in [6.45, 7) is 1.49. The van der Waals surface area contributed by atoms with E-state index in [9.17, 15) is 32.6 Å². The van der Waals surface area contributed by atoms with Crippen molar-refractivity contribution in [2.45, 2.75) is 49.1 Å². The topological polar surface area (TPSA) is 103 Å². The monoisotopic (exact) mass is 362 g/mol. The summed E-state index contributed by atoms with van der Waals surface area (Å²) < 4.78 is 56.8. The van der Waals surface area contributed by atoms with Crippen LogP contribution in [0.1, 0.15) is 6.92 Å². The Bertz CT molecular complexity index is 505. The molecule has 2 aliphatic heterocycles. The second-order valence-corrected chi connectivity index (χ2v) is 6.00. The quantitative estimate of drug-likeness (QED) is 0.628. The summed E-state index contributed by atoms with van der Waals surface area (Å²) in [6, 6.07) is -1.35. The Balaban J connectivity index is 2.20. The molecule has 0 radical (unpaired) electrons. The van der Waals surface area contributed by atoms with Crippen LogP contribution in [0, 0.1) is 0 Å². The maximum absolute atomic E-state index is 14.2. The third-order valence-corrected chi connectivity index (χ3v) is 4.62. The molecule has 0 bridgehead atoms. The van der Waals surface area contributed by atoms with Gasteiger partial charge in [-0.15, -0.1) is 0 Å². The Hall–Kier alpha value is -1.11. The maximum Gasteiger partial charge on any atom is 0.417 e. The standard InChI is InChI=1S/C11H14F4N2O5S/c1-2-17(10(20)21)9-16-4-3(12)5(18)6(22-8(4)23-9)7(19)11(13,14)15/h3-8,18-19H,2H2,1H3,(H,20,21)/t3-,4+,5-,6-,7+,8+/m0/s1. The number of hydrogen-bond donors (Lipinski definition) is 3. The van der Waals surface area contributed by atoms with Gasteiger partial charge in [0.05, 0.1) is 0 Å². The summed E-state index contributed by atoms with van der Waals surface area (Å²) >= 11 is 0.636. The molecule has 0 aromatic rings. The minimum absolute atomic E-state index is 0.00524. The minimum atomic E-state index is -5.10. The van der Waals surface area contributed by atoms with Gasteiger partial charge < -0.3 is 20.1 Å². The molecule has 0 aromatic carbocycles. The number of nitrogens with zero attached hydrogens (tertiary/aromatic N) is 2. The van der Waals surface area contributed by atoms with Crippen LogP contribution in [0.4, 0.5) is 22.4 Å². The van der Waals surface area contributed by atoms with E-state index in [1.54, 1.807) is 0 Å². The summed E-state index contributed by atoms with van der Waals surface area (Å²) in [7, 11) is 0. The number of alkyl halides is 4. The maximum atomic E-state index is 14.2. The Morgan fingerprint density at radius 1 is 1.52 bits per heavy atom. The van der Waals surface area contributed by atoms with E-state index in [1.807, 2.05) is 0 Å². The lowest BCUT2D eigenvalue weighted by Crippen LogP contribution is -2.59. The van der Waals surface area contributed by atoms with Crippen molar-refractivity contribution in [1.29, 1.82) is 0 Å². The number of amidine groups is 1. The van der Waals surface area contributed by atoms with Crippen molar-refractivity contribution in [1.82, 2.24) is 4.90 Å². The van der Waals surface area contributed by atoms with Crippen molar-refractivity contribution in [2.24, 2.45) is 4.99 Å². The number of fused-ring (bicyclic) bond motifs is 1. The number of amides is 1. The van der Waals surface area contributed by atoms with E-state index in [1.165, 1.54) is 6.92 Å². The van der Waals surface area contributed by atoms with E-state index in [4.69, 9.17) is 9.84 Å². The summed E-state index contributed by atoms with van der Waals surface area (Å²) in [6.07, 6.45) is -16.2. The van der Waals surface area contributed by atoms with Gasteiger partial charge in [-0.2, -0.15) is 13.2 Å². The van der Waals surface area contributed by atoms with Gasteiger partial charge in [0, 0.05) is 6.54 Å². The molecule has 0 saturated carbocycles. The number of aliphatic hydroxyl groups is 2. The molecule has 23 heavy (non-hydrogen) atoms. The van der Waals surface area contributed by atoms with Crippen LogP contribution in [0.5, 0.6) is 0 Å². The van der Waals surface area contributed by atoms with E-state index in [-0.39, 0.29) is 11.7 Å². The fourth-order valence-corrected chi connectivity index (χ4v) is 3.53.